The summed E-state index contributed by atoms with van der Waals surface area (Å²) in [6, 6.07) is 9.02. The first kappa shape index (κ1) is 12.6. The zero-order chi connectivity index (χ0) is 13.2. The smallest absolute Gasteiger partial charge is 0.133 e. The van der Waals surface area contributed by atoms with Crippen molar-refractivity contribution in [1.29, 1.82) is 0 Å². The van der Waals surface area contributed by atoms with Gasteiger partial charge in [-0.05, 0) is 37.3 Å². The van der Waals surface area contributed by atoms with Crippen molar-refractivity contribution in [3.63, 3.8) is 0 Å². The lowest BCUT2D eigenvalue weighted by atomic mass is 10.1. The van der Waals surface area contributed by atoms with Crippen LogP contribution in [0.2, 0.25) is 0 Å². The number of rotatable bonds is 5. The quantitative estimate of drug-likeness (QED) is 0.908. The highest BCUT2D eigenvalue weighted by Gasteiger charge is 2.31. The van der Waals surface area contributed by atoms with E-state index in [9.17, 15) is 0 Å². The van der Waals surface area contributed by atoms with Crippen molar-refractivity contribution in [3.8, 4) is 0 Å². The zero-order valence-electron chi connectivity index (χ0n) is 11.1. The highest BCUT2D eigenvalue weighted by Crippen LogP contribution is 2.35. The summed E-state index contributed by atoms with van der Waals surface area (Å²) in [6.07, 6.45) is 4.39. The van der Waals surface area contributed by atoms with Crippen molar-refractivity contribution in [2.75, 3.05) is 4.90 Å². The third-order valence-electron chi connectivity index (χ3n) is 3.47. The van der Waals surface area contributed by atoms with Gasteiger partial charge in [-0.2, -0.15) is 0 Å². The Hall–Kier alpha value is -1.39. The molecule has 0 bridgehead atoms. The first-order valence-electron chi connectivity index (χ1n) is 6.75. The molecular formula is C15H19N3S. The third kappa shape index (κ3) is 2.80. The summed E-state index contributed by atoms with van der Waals surface area (Å²) in [5.74, 6) is 1.06. The zero-order valence-corrected chi connectivity index (χ0v) is 11.9. The normalized spacial score (nSPS) is 16.3. The average Bonchev–Trinajstić information content (AvgIpc) is 3.13. The van der Waals surface area contributed by atoms with E-state index in [-0.39, 0.29) is 6.04 Å². The molecule has 0 unspecified atom stereocenters. The predicted octanol–water partition coefficient (Wildman–Crippen LogP) is 3.33. The second-order valence-corrected chi connectivity index (χ2v) is 6.18. The van der Waals surface area contributed by atoms with E-state index < -0.39 is 0 Å². The molecule has 2 aromatic heterocycles. The Morgan fingerprint density at radius 1 is 1.42 bits per heavy atom. The summed E-state index contributed by atoms with van der Waals surface area (Å²) in [6.45, 7) is 2.97. The van der Waals surface area contributed by atoms with Crippen molar-refractivity contribution >= 4 is 17.2 Å². The maximum atomic E-state index is 6.08. The Labute approximate surface area is 118 Å². The largest absolute Gasteiger partial charge is 0.348 e. The molecule has 1 aliphatic carbocycles. The number of hydrogen-bond acceptors (Lipinski definition) is 4. The molecular weight excluding hydrogens is 254 g/mol. The summed E-state index contributed by atoms with van der Waals surface area (Å²) in [7, 11) is 0. The summed E-state index contributed by atoms with van der Waals surface area (Å²) < 4.78 is 0. The molecule has 1 saturated carbocycles. The van der Waals surface area contributed by atoms with Gasteiger partial charge in [-0.3, -0.25) is 0 Å². The molecule has 0 saturated heterocycles. The first-order valence-corrected chi connectivity index (χ1v) is 7.63. The van der Waals surface area contributed by atoms with Crippen LogP contribution in [0.25, 0.3) is 0 Å². The number of anilines is 1. The number of aromatic nitrogens is 1. The van der Waals surface area contributed by atoms with Gasteiger partial charge in [-0.1, -0.05) is 12.1 Å². The molecule has 1 aliphatic rings. The fraction of sp³-hybridized carbons (Fsp3) is 0.400. The fourth-order valence-corrected chi connectivity index (χ4v) is 3.04. The van der Waals surface area contributed by atoms with Crippen molar-refractivity contribution < 1.29 is 0 Å². The maximum Gasteiger partial charge on any atom is 0.133 e. The number of nitrogens with two attached hydrogens (primary N) is 1. The maximum absolute atomic E-state index is 6.08. The van der Waals surface area contributed by atoms with Crippen LogP contribution in [0.1, 0.15) is 36.2 Å². The van der Waals surface area contributed by atoms with Crippen molar-refractivity contribution in [2.45, 2.75) is 38.4 Å². The molecule has 0 radical (unpaired) electrons. The lowest BCUT2D eigenvalue weighted by molar-refractivity contribution is 0.746. The van der Waals surface area contributed by atoms with Gasteiger partial charge in [0.25, 0.3) is 0 Å². The van der Waals surface area contributed by atoms with Gasteiger partial charge in [0.2, 0.25) is 0 Å². The van der Waals surface area contributed by atoms with Crippen LogP contribution in [-0.2, 0) is 6.54 Å². The van der Waals surface area contributed by atoms with Gasteiger partial charge in [0.05, 0.1) is 6.54 Å². The van der Waals surface area contributed by atoms with E-state index in [1.807, 2.05) is 19.2 Å². The van der Waals surface area contributed by atoms with Gasteiger partial charge in [0.15, 0.2) is 0 Å². The molecule has 0 aliphatic heterocycles. The molecule has 0 spiro atoms. The SMILES string of the molecule is C[C@@H](N)c1cccnc1N(Cc1cccs1)C1CC1. The number of nitrogens with zero attached hydrogens (tertiary/aromatic N) is 2. The van der Waals surface area contributed by atoms with Crippen LogP contribution in [-0.4, -0.2) is 11.0 Å². The van der Waals surface area contributed by atoms with Crippen LogP contribution >= 0.6 is 11.3 Å². The summed E-state index contributed by atoms with van der Waals surface area (Å²) in [5.41, 5.74) is 7.23. The van der Waals surface area contributed by atoms with E-state index in [4.69, 9.17) is 5.73 Å². The molecule has 2 heterocycles. The lowest BCUT2D eigenvalue weighted by Crippen LogP contribution is -2.27. The topological polar surface area (TPSA) is 42.1 Å². The minimum Gasteiger partial charge on any atom is -0.348 e. The minimum atomic E-state index is 0.0216. The Balaban J connectivity index is 1.92. The standard InChI is InChI=1S/C15H19N3S/c1-11(16)14-5-2-8-17-15(14)18(12-6-7-12)10-13-4-3-9-19-13/h2-5,8-9,11-12H,6-7,10,16H2,1H3/t11-/m1/s1. The Morgan fingerprint density at radius 3 is 2.89 bits per heavy atom. The third-order valence-corrected chi connectivity index (χ3v) is 4.33. The van der Waals surface area contributed by atoms with Crippen LogP contribution in [0.3, 0.4) is 0 Å². The summed E-state index contributed by atoms with van der Waals surface area (Å²) in [5, 5.41) is 2.13. The van der Waals surface area contributed by atoms with Gasteiger partial charge >= 0.3 is 0 Å². The van der Waals surface area contributed by atoms with Crippen molar-refractivity contribution in [2.24, 2.45) is 5.73 Å². The molecule has 3 nitrogen and oxygen atoms in total. The Morgan fingerprint density at radius 2 is 2.26 bits per heavy atom. The molecule has 100 valence electrons. The van der Waals surface area contributed by atoms with Gasteiger partial charge in [-0.25, -0.2) is 4.98 Å². The van der Waals surface area contributed by atoms with Gasteiger partial charge in [-0.15, -0.1) is 11.3 Å². The number of thiophene rings is 1. The molecule has 4 heteroatoms. The van der Waals surface area contributed by atoms with Crippen LogP contribution < -0.4 is 10.6 Å². The van der Waals surface area contributed by atoms with Gasteiger partial charge in [0.1, 0.15) is 5.82 Å². The van der Waals surface area contributed by atoms with Gasteiger partial charge in [0, 0.05) is 28.7 Å². The highest BCUT2D eigenvalue weighted by atomic mass is 32.1. The lowest BCUT2D eigenvalue weighted by Gasteiger charge is -2.26. The molecule has 19 heavy (non-hydrogen) atoms. The molecule has 0 aromatic carbocycles. The molecule has 0 amide bonds. The van der Waals surface area contributed by atoms with E-state index in [0.717, 1.165) is 17.9 Å². The predicted molar refractivity (Wildman–Crippen MR) is 80.4 cm³/mol. The highest BCUT2D eigenvalue weighted by molar-refractivity contribution is 7.09. The van der Waals surface area contributed by atoms with E-state index in [2.05, 4.69) is 33.5 Å². The van der Waals surface area contributed by atoms with E-state index in [0.29, 0.717) is 6.04 Å². The van der Waals surface area contributed by atoms with E-state index in [1.54, 1.807) is 11.3 Å². The monoisotopic (exact) mass is 273 g/mol. The second-order valence-electron chi connectivity index (χ2n) is 5.14. The molecule has 1 atom stereocenters. The van der Waals surface area contributed by atoms with Crippen LogP contribution in [0.4, 0.5) is 5.82 Å². The molecule has 2 N–H and O–H groups in total. The molecule has 3 rings (SSSR count). The van der Waals surface area contributed by atoms with E-state index >= 15 is 0 Å². The number of hydrogen-bond donors (Lipinski definition) is 1. The van der Waals surface area contributed by atoms with Crippen LogP contribution in [0.5, 0.6) is 0 Å². The minimum absolute atomic E-state index is 0.0216. The summed E-state index contributed by atoms with van der Waals surface area (Å²) >= 11 is 1.80. The van der Waals surface area contributed by atoms with Crippen LogP contribution in [0, 0.1) is 0 Å². The van der Waals surface area contributed by atoms with Crippen LogP contribution in [0.15, 0.2) is 35.8 Å². The van der Waals surface area contributed by atoms with Gasteiger partial charge < -0.3 is 10.6 Å². The fourth-order valence-electron chi connectivity index (χ4n) is 2.34. The second kappa shape index (κ2) is 5.31. The first-order chi connectivity index (χ1) is 9.25. The van der Waals surface area contributed by atoms with Crippen molar-refractivity contribution in [3.05, 3.63) is 46.3 Å². The van der Waals surface area contributed by atoms with Crippen molar-refractivity contribution in [1.82, 2.24) is 4.98 Å². The average molecular weight is 273 g/mol. The number of pyridine rings is 1. The molecule has 2 aromatic rings. The molecule has 1 fully saturated rings. The Bertz CT molecular complexity index is 532. The Kier molecular flexibility index (Phi) is 3.53. The summed E-state index contributed by atoms with van der Waals surface area (Å²) in [4.78, 5) is 8.40. The van der Waals surface area contributed by atoms with E-state index in [1.165, 1.54) is 17.7 Å².